The van der Waals surface area contributed by atoms with Gasteiger partial charge in [0.15, 0.2) is 29.1 Å². The smallest absolute Gasteiger partial charge is 0.231 e. The Labute approximate surface area is 243 Å². The number of rotatable bonds is 7. The molecule has 4 aliphatic rings. The summed E-state index contributed by atoms with van der Waals surface area (Å²) in [6.07, 6.45) is -1.07. The Morgan fingerprint density at radius 2 is 1.55 bits per heavy atom. The van der Waals surface area contributed by atoms with Gasteiger partial charge in [-0.1, -0.05) is 19.1 Å². The van der Waals surface area contributed by atoms with Crippen LogP contribution in [0.4, 0.5) is 0 Å². The van der Waals surface area contributed by atoms with Crippen LogP contribution in [0.15, 0.2) is 48.5 Å². The van der Waals surface area contributed by atoms with Crippen molar-refractivity contribution in [2.45, 2.75) is 43.4 Å². The van der Waals surface area contributed by atoms with Gasteiger partial charge in [-0.3, -0.25) is 0 Å². The molecule has 42 heavy (non-hydrogen) atoms. The molecular formula is C32H34O10. The van der Waals surface area contributed by atoms with Crippen LogP contribution in [0.2, 0.25) is 0 Å². The maximum atomic E-state index is 12.0. The van der Waals surface area contributed by atoms with Crippen LogP contribution >= 0.6 is 0 Å². The van der Waals surface area contributed by atoms with Gasteiger partial charge in [-0.25, -0.2) is 0 Å². The van der Waals surface area contributed by atoms with Gasteiger partial charge >= 0.3 is 0 Å². The molecule has 0 saturated carbocycles. The van der Waals surface area contributed by atoms with Crippen molar-refractivity contribution in [3.63, 3.8) is 0 Å². The first-order valence-corrected chi connectivity index (χ1v) is 14.1. The van der Waals surface area contributed by atoms with Crippen LogP contribution in [0.25, 0.3) is 0 Å². The van der Waals surface area contributed by atoms with Crippen LogP contribution in [-0.2, 0) is 9.47 Å². The van der Waals surface area contributed by atoms with Crippen molar-refractivity contribution < 1.29 is 47.7 Å². The molecule has 6 atom stereocenters. The van der Waals surface area contributed by atoms with Crippen molar-refractivity contribution in [1.82, 2.24) is 0 Å². The van der Waals surface area contributed by atoms with Gasteiger partial charge in [0, 0.05) is 23.1 Å². The summed E-state index contributed by atoms with van der Waals surface area (Å²) in [5.74, 6) is 3.92. The predicted octanol–water partition coefficient (Wildman–Crippen LogP) is 4.92. The third-order valence-electron chi connectivity index (χ3n) is 8.73. The molecule has 2 saturated heterocycles. The summed E-state index contributed by atoms with van der Waals surface area (Å²) < 4.78 is 53.7. The molecular weight excluding hydrogens is 544 g/mol. The molecule has 10 nitrogen and oxygen atoms in total. The number of hydrogen-bond donors (Lipinski definition) is 1. The van der Waals surface area contributed by atoms with E-state index in [9.17, 15) is 5.11 Å². The minimum absolute atomic E-state index is 0.0651. The number of benzene rings is 3. The van der Waals surface area contributed by atoms with Crippen LogP contribution in [-0.4, -0.2) is 58.1 Å². The lowest BCUT2D eigenvalue weighted by Crippen LogP contribution is -2.39. The lowest BCUT2D eigenvalue weighted by molar-refractivity contribution is -0.0643. The van der Waals surface area contributed by atoms with Crippen molar-refractivity contribution in [3.05, 3.63) is 65.2 Å². The van der Waals surface area contributed by atoms with Gasteiger partial charge in [-0.15, -0.1) is 0 Å². The third kappa shape index (κ3) is 4.11. The normalized spacial score (nSPS) is 28.8. The minimum Gasteiger partial charge on any atom is -0.496 e. The first kappa shape index (κ1) is 27.0. The highest BCUT2D eigenvalue weighted by molar-refractivity contribution is 5.55. The van der Waals surface area contributed by atoms with E-state index in [1.165, 1.54) is 0 Å². The van der Waals surface area contributed by atoms with Crippen LogP contribution < -0.4 is 33.2 Å². The molecule has 0 aliphatic carbocycles. The van der Waals surface area contributed by atoms with Crippen molar-refractivity contribution >= 4 is 0 Å². The molecule has 0 spiro atoms. The van der Waals surface area contributed by atoms with E-state index >= 15 is 0 Å². The summed E-state index contributed by atoms with van der Waals surface area (Å²) in [5, 5.41) is 12.0. The number of aliphatic hydroxyl groups is 1. The number of methoxy groups -OCH3 is 3. The molecule has 3 aromatic carbocycles. The zero-order valence-electron chi connectivity index (χ0n) is 24.0. The Bertz CT molecular complexity index is 1470. The maximum Gasteiger partial charge on any atom is 0.231 e. The molecule has 0 unspecified atom stereocenters. The van der Waals surface area contributed by atoms with E-state index in [1.54, 1.807) is 21.3 Å². The summed E-state index contributed by atoms with van der Waals surface area (Å²) in [4.78, 5) is 0. The van der Waals surface area contributed by atoms with Gasteiger partial charge in [-0.2, -0.15) is 0 Å². The SMILES string of the molecule is CC[C@H]1Oc2cc([C@H]3OC[C@]4(O)[C@@H](c5c(OC)cccc5OC)OC[C@H]34)c(OC)cc2O[C@@H]1c1ccc2c(c1)OCO2. The molecule has 10 heteroatoms. The average Bonchev–Trinajstić information content (AvgIpc) is 3.72. The van der Waals surface area contributed by atoms with Gasteiger partial charge in [-0.05, 0) is 36.8 Å². The van der Waals surface area contributed by atoms with E-state index in [1.807, 2.05) is 48.5 Å². The molecule has 0 radical (unpaired) electrons. The molecule has 1 N–H and O–H groups in total. The zero-order chi connectivity index (χ0) is 29.0. The largest absolute Gasteiger partial charge is 0.496 e. The van der Waals surface area contributed by atoms with E-state index in [2.05, 4.69) is 6.92 Å². The highest BCUT2D eigenvalue weighted by atomic mass is 16.7. The lowest BCUT2D eigenvalue weighted by atomic mass is 9.80. The lowest BCUT2D eigenvalue weighted by Gasteiger charge is -2.35. The molecule has 2 fully saturated rings. The Morgan fingerprint density at radius 3 is 2.29 bits per heavy atom. The Hall–Kier alpha value is -3.86. The molecule has 0 aromatic heterocycles. The summed E-state index contributed by atoms with van der Waals surface area (Å²) in [7, 11) is 4.78. The molecule has 222 valence electrons. The van der Waals surface area contributed by atoms with Crippen LogP contribution in [0.1, 0.15) is 48.3 Å². The summed E-state index contributed by atoms with van der Waals surface area (Å²) >= 11 is 0. The summed E-state index contributed by atoms with van der Waals surface area (Å²) in [5.41, 5.74) is 1.03. The van der Waals surface area contributed by atoms with Gasteiger partial charge in [0.2, 0.25) is 6.79 Å². The number of hydrogen-bond acceptors (Lipinski definition) is 10. The first-order chi connectivity index (χ1) is 20.5. The third-order valence-corrected chi connectivity index (χ3v) is 8.73. The number of fused-ring (bicyclic) bond motifs is 3. The van der Waals surface area contributed by atoms with E-state index < -0.39 is 17.8 Å². The van der Waals surface area contributed by atoms with Crippen LogP contribution in [0, 0.1) is 5.92 Å². The predicted molar refractivity (Wildman–Crippen MR) is 149 cm³/mol. The van der Waals surface area contributed by atoms with E-state index in [-0.39, 0.29) is 38.1 Å². The van der Waals surface area contributed by atoms with E-state index in [0.717, 1.165) is 17.5 Å². The second kappa shape index (κ2) is 10.4. The highest BCUT2D eigenvalue weighted by Crippen LogP contribution is 2.58. The molecule has 3 aromatic rings. The standard InChI is InChI=1S/C32H34O10/c1-5-20-29(17-9-10-21-25(11-17)40-16-39-21)42-27-13-24(36-4)18(12-26(27)41-20)30-19-14-37-31(32(19,33)15-38-30)28-22(34-2)7-6-8-23(28)35-3/h6-13,19-20,29-31,33H,5,14-16H2,1-4H3/t19-,20-,29-,30-,31-,32-/m1/s1. The Kier molecular flexibility index (Phi) is 6.72. The topological polar surface area (TPSA) is 103 Å². The Balaban J connectivity index is 1.20. The highest BCUT2D eigenvalue weighted by Gasteiger charge is 2.61. The van der Waals surface area contributed by atoms with Crippen molar-refractivity contribution in [2.24, 2.45) is 5.92 Å². The van der Waals surface area contributed by atoms with Gasteiger partial charge in [0.1, 0.15) is 35.1 Å². The van der Waals surface area contributed by atoms with Crippen LogP contribution in [0.3, 0.4) is 0 Å². The first-order valence-electron chi connectivity index (χ1n) is 14.1. The van der Waals surface area contributed by atoms with E-state index in [0.29, 0.717) is 45.8 Å². The number of ether oxygens (including phenoxy) is 9. The molecule has 0 bridgehead atoms. The Morgan fingerprint density at radius 1 is 0.810 bits per heavy atom. The van der Waals surface area contributed by atoms with Gasteiger partial charge < -0.3 is 47.7 Å². The second-order valence-electron chi connectivity index (χ2n) is 10.9. The summed E-state index contributed by atoms with van der Waals surface area (Å²) in [6, 6.07) is 15.0. The van der Waals surface area contributed by atoms with Crippen LogP contribution in [0.5, 0.6) is 40.2 Å². The van der Waals surface area contributed by atoms with Crippen molar-refractivity contribution in [3.8, 4) is 40.2 Å². The van der Waals surface area contributed by atoms with Gasteiger partial charge in [0.05, 0.1) is 46.2 Å². The molecule has 7 rings (SSSR count). The molecule has 4 aliphatic heterocycles. The average molecular weight is 579 g/mol. The quantitative estimate of drug-likeness (QED) is 0.416. The zero-order valence-corrected chi connectivity index (χ0v) is 24.0. The fourth-order valence-corrected chi connectivity index (χ4v) is 6.58. The fraction of sp³-hybridized carbons (Fsp3) is 0.438. The minimum atomic E-state index is -1.32. The summed E-state index contributed by atoms with van der Waals surface area (Å²) in [6.45, 7) is 2.61. The monoisotopic (exact) mass is 578 g/mol. The molecule has 0 amide bonds. The second-order valence-corrected chi connectivity index (χ2v) is 10.9. The fourth-order valence-electron chi connectivity index (χ4n) is 6.58. The van der Waals surface area contributed by atoms with Crippen molar-refractivity contribution in [2.75, 3.05) is 41.3 Å². The molecule has 4 heterocycles. The van der Waals surface area contributed by atoms with E-state index in [4.69, 9.17) is 42.6 Å². The van der Waals surface area contributed by atoms with Crippen molar-refractivity contribution in [1.29, 1.82) is 0 Å². The maximum absolute atomic E-state index is 12.0. The van der Waals surface area contributed by atoms with Gasteiger partial charge in [0.25, 0.3) is 0 Å².